The van der Waals surface area contributed by atoms with Crippen LogP contribution in [-0.4, -0.2) is 66.0 Å². The topological polar surface area (TPSA) is 208 Å². The Hall–Kier alpha value is -3.29. The van der Waals surface area contributed by atoms with Gasteiger partial charge in [-0.05, 0) is 48.9 Å². The fraction of sp³-hybridized carbons (Fsp3) is 0.375. The molecular formula is C24H32N3O10PS. The van der Waals surface area contributed by atoms with Crippen LogP contribution in [0.5, 0.6) is 5.75 Å². The van der Waals surface area contributed by atoms with Crippen molar-refractivity contribution in [3.63, 3.8) is 0 Å². The van der Waals surface area contributed by atoms with Crippen LogP contribution in [-0.2, 0) is 41.8 Å². The summed E-state index contributed by atoms with van der Waals surface area (Å²) in [5.41, 5.74) is 1.50. The second kappa shape index (κ2) is 14.8. The number of amides is 2. The predicted molar refractivity (Wildman–Crippen MR) is 141 cm³/mol. The molecule has 0 unspecified atom stereocenters. The normalized spacial score (nSPS) is 13.2. The number of carbonyl (C=O) groups excluding carboxylic acids is 2. The minimum Gasteiger partial charge on any atom is -0.481 e. The fourth-order valence-electron chi connectivity index (χ4n) is 3.59. The zero-order valence-electron chi connectivity index (χ0n) is 21.1. The Balaban J connectivity index is 2.08. The van der Waals surface area contributed by atoms with E-state index in [0.29, 0.717) is 18.4 Å². The van der Waals surface area contributed by atoms with E-state index in [0.717, 1.165) is 11.8 Å². The monoisotopic (exact) mass is 585 g/mol. The Labute approximate surface area is 226 Å². The van der Waals surface area contributed by atoms with E-state index in [1.54, 1.807) is 0 Å². The van der Waals surface area contributed by atoms with Gasteiger partial charge in [-0.1, -0.05) is 42.5 Å². The number of aliphatic carboxylic acids is 1. The number of benzene rings is 2. The van der Waals surface area contributed by atoms with Crippen LogP contribution in [0.15, 0.2) is 54.6 Å². The Kier molecular flexibility index (Phi) is 12.1. The molecule has 0 heterocycles. The maximum Gasteiger partial charge on any atom is 0.524 e. The summed E-state index contributed by atoms with van der Waals surface area (Å²) in [5.74, 6) is -2.77. The average Bonchev–Trinajstić information content (AvgIpc) is 2.83. The number of sulfonamides is 1. The second-order valence-corrected chi connectivity index (χ2v) is 11.7. The molecule has 0 bridgehead atoms. The van der Waals surface area contributed by atoms with Crippen molar-refractivity contribution in [2.75, 3.05) is 12.8 Å². The number of rotatable bonds is 16. The van der Waals surface area contributed by atoms with Crippen LogP contribution in [0.2, 0.25) is 0 Å². The van der Waals surface area contributed by atoms with Gasteiger partial charge in [0.2, 0.25) is 21.8 Å². The number of carboxylic acids is 1. The van der Waals surface area contributed by atoms with Crippen molar-refractivity contribution < 1.29 is 46.8 Å². The summed E-state index contributed by atoms with van der Waals surface area (Å²) in [5, 5.41) is 14.2. The summed E-state index contributed by atoms with van der Waals surface area (Å²) >= 11 is 0. The van der Waals surface area contributed by atoms with Gasteiger partial charge in [0.1, 0.15) is 17.8 Å². The van der Waals surface area contributed by atoms with Gasteiger partial charge in [0.15, 0.2) is 0 Å². The van der Waals surface area contributed by atoms with Crippen molar-refractivity contribution in [1.82, 2.24) is 15.4 Å². The molecule has 0 saturated carbocycles. The molecule has 6 N–H and O–H groups in total. The molecule has 0 spiro atoms. The van der Waals surface area contributed by atoms with E-state index in [9.17, 15) is 27.4 Å². The van der Waals surface area contributed by atoms with Crippen molar-refractivity contribution in [1.29, 1.82) is 0 Å². The third kappa shape index (κ3) is 13.4. The molecule has 2 atom stereocenters. The maximum atomic E-state index is 13.1. The number of aryl methyl sites for hydroxylation is 1. The number of carbonyl (C=O) groups is 3. The molecule has 0 aromatic heterocycles. The highest BCUT2D eigenvalue weighted by atomic mass is 32.2. The first-order valence-corrected chi connectivity index (χ1v) is 15.3. The first-order chi connectivity index (χ1) is 18.2. The van der Waals surface area contributed by atoms with E-state index in [4.69, 9.17) is 14.9 Å². The van der Waals surface area contributed by atoms with Gasteiger partial charge in [0.05, 0.1) is 6.26 Å². The summed E-state index contributed by atoms with van der Waals surface area (Å²) in [6.45, 7) is 0.279. The fourth-order valence-corrected chi connectivity index (χ4v) is 4.69. The van der Waals surface area contributed by atoms with E-state index in [1.165, 1.54) is 24.3 Å². The quantitative estimate of drug-likeness (QED) is 0.120. The van der Waals surface area contributed by atoms with Gasteiger partial charge in [0, 0.05) is 13.0 Å². The van der Waals surface area contributed by atoms with Gasteiger partial charge in [-0.2, -0.15) is 0 Å². The SMILES string of the molecule is CS(=O)(=O)N[C@@H](Cc1ccc(OP(=O)(O)O)cc1)C(=O)N[C@@H](CCC(=O)O)C(=O)NCCCc1ccccc1. The Morgan fingerprint density at radius 2 is 1.59 bits per heavy atom. The predicted octanol–water partition coefficient (Wildman–Crippen LogP) is 0.717. The maximum absolute atomic E-state index is 13.1. The van der Waals surface area contributed by atoms with Crippen molar-refractivity contribution in [2.24, 2.45) is 0 Å². The molecule has 0 radical (unpaired) electrons. The standard InChI is InChI=1S/C24H32N3O10PS/c1-39(35,36)27-21(16-18-9-11-19(12-10-18)37-38(32,33)34)24(31)26-20(13-14-22(28)29)23(30)25-15-5-8-17-6-3-2-4-7-17/h2-4,6-7,9-12,20-21,27H,5,8,13-16H2,1H3,(H,25,30)(H,26,31)(H,28,29)(H2,32,33,34)/t20-,21-/m0/s1. The van der Waals surface area contributed by atoms with Gasteiger partial charge in [-0.3, -0.25) is 24.2 Å². The molecule has 0 aliphatic carbocycles. The lowest BCUT2D eigenvalue weighted by Gasteiger charge is -2.22. The van der Waals surface area contributed by atoms with E-state index >= 15 is 0 Å². The molecule has 214 valence electrons. The van der Waals surface area contributed by atoms with Crippen LogP contribution in [0.1, 0.15) is 30.4 Å². The highest BCUT2D eigenvalue weighted by molar-refractivity contribution is 7.88. The average molecular weight is 586 g/mol. The molecule has 15 heteroatoms. The Morgan fingerprint density at radius 1 is 0.949 bits per heavy atom. The van der Waals surface area contributed by atoms with Crippen LogP contribution >= 0.6 is 7.82 Å². The lowest BCUT2D eigenvalue weighted by Crippen LogP contribution is -2.54. The van der Waals surface area contributed by atoms with Gasteiger partial charge in [0.25, 0.3) is 0 Å². The minimum atomic E-state index is -4.77. The minimum absolute atomic E-state index is 0.137. The third-order valence-corrected chi connectivity index (χ3v) is 6.49. The molecule has 2 aromatic rings. The number of hydrogen-bond acceptors (Lipinski definition) is 7. The van der Waals surface area contributed by atoms with Crippen molar-refractivity contribution >= 4 is 35.6 Å². The largest absolute Gasteiger partial charge is 0.524 e. The van der Waals surface area contributed by atoms with Gasteiger partial charge in [-0.25, -0.2) is 17.7 Å². The van der Waals surface area contributed by atoms with Gasteiger partial charge in [-0.15, -0.1) is 0 Å². The smallest absolute Gasteiger partial charge is 0.481 e. The zero-order valence-corrected chi connectivity index (χ0v) is 22.9. The number of phosphoric acid groups is 1. The van der Waals surface area contributed by atoms with Gasteiger partial charge >= 0.3 is 13.8 Å². The van der Waals surface area contributed by atoms with Crippen LogP contribution in [0.4, 0.5) is 0 Å². The van der Waals surface area contributed by atoms with Crippen molar-refractivity contribution in [3.05, 3.63) is 65.7 Å². The number of phosphoric ester groups is 1. The Bertz CT molecular complexity index is 1270. The van der Waals surface area contributed by atoms with Crippen LogP contribution in [0, 0.1) is 0 Å². The molecule has 0 aliphatic heterocycles. The van der Waals surface area contributed by atoms with Crippen molar-refractivity contribution in [2.45, 2.75) is 44.2 Å². The molecular weight excluding hydrogens is 553 g/mol. The lowest BCUT2D eigenvalue weighted by atomic mass is 10.0. The van der Waals surface area contributed by atoms with Crippen LogP contribution in [0.3, 0.4) is 0 Å². The zero-order chi connectivity index (χ0) is 29.1. The van der Waals surface area contributed by atoms with Crippen LogP contribution in [0.25, 0.3) is 0 Å². The molecule has 0 saturated heterocycles. The lowest BCUT2D eigenvalue weighted by molar-refractivity contribution is -0.138. The molecule has 39 heavy (non-hydrogen) atoms. The van der Waals surface area contributed by atoms with E-state index in [1.807, 2.05) is 30.3 Å². The molecule has 0 fully saturated rings. The number of nitrogens with one attached hydrogen (secondary N) is 3. The summed E-state index contributed by atoms with van der Waals surface area (Å²) in [6.07, 6.45) is 1.35. The molecule has 2 aromatic carbocycles. The van der Waals surface area contributed by atoms with Gasteiger partial charge < -0.3 is 20.3 Å². The molecule has 0 aliphatic rings. The number of carboxylic acid groups (broad SMARTS) is 1. The summed E-state index contributed by atoms with van der Waals surface area (Å²) in [7, 11) is -8.65. The first-order valence-electron chi connectivity index (χ1n) is 11.9. The highest BCUT2D eigenvalue weighted by Crippen LogP contribution is 2.37. The summed E-state index contributed by atoms with van der Waals surface area (Å²) < 4.78 is 41.5. The number of hydrogen-bond donors (Lipinski definition) is 6. The van der Waals surface area contributed by atoms with E-state index in [2.05, 4.69) is 19.9 Å². The van der Waals surface area contributed by atoms with E-state index < -0.39 is 54.1 Å². The first kappa shape index (κ1) is 31.9. The van der Waals surface area contributed by atoms with Crippen LogP contribution < -0.4 is 19.9 Å². The molecule has 2 amide bonds. The second-order valence-electron chi connectivity index (χ2n) is 8.75. The molecule has 13 nitrogen and oxygen atoms in total. The Morgan fingerprint density at radius 3 is 2.15 bits per heavy atom. The van der Waals surface area contributed by atoms with E-state index in [-0.39, 0.29) is 25.1 Å². The summed E-state index contributed by atoms with van der Waals surface area (Å²) in [6, 6.07) is 12.2. The third-order valence-electron chi connectivity index (χ3n) is 5.32. The summed E-state index contributed by atoms with van der Waals surface area (Å²) in [4.78, 5) is 54.8. The van der Waals surface area contributed by atoms with Crippen molar-refractivity contribution in [3.8, 4) is 5.75 Å². The molecule has 2 rings (SSSR count). The highest BCUT2D eigenvalue weighted by Gasteiger charge is 2.28.